The molecule has 0 bridgehead atoms. The van der Waals surface area contributed by atoms with Crippen LogP contribution in [0.3, 0.4) is 0 Å². The Balaban J connectivity index is 1.67. The van der Waals surface area contributed by atoms with E-state index in [9.17, 15) is 9.18 Å². The fourth-order valence-corrected chi connectivity index (χ4v) is 2.85. The Kier molecular flexibility index (Phi) is 4.29. The van der Waals surface area contributed by atoms with Crippen molar-refractivity contribution < 1.29 is 9.18 Å². The van der Waals surface area contributed by atoms with Crippen molar-refractivity contribution in [2.45, 2.75) is 0 Å². The molecule has 2 aromatic carbocycles. The van der Waals surface area contributed by atoms with E-state index >= 15 is 0 Å². The summed E-state index contributed by atoms with van der Waals surface area (Å²) in [6.45, 7) is 2.37. The van der Waals surface area contributed by atoms with Gasteiger partial charge in [-0.05, 0) is 30.3 Å². The molecule has 22 heavy (non-hydrogen) atoms. The standard InChI is InChI=1S/C17H16ClFN2O/c18-14-5-3-4-13(12-14)17(22)21-10-8-20(9-11-21)16-7-2-1-6-15(16)19/h1-7,12H,8-11H2. The van der Waals surface area contributed by atoms with Gasteiger partial charge in [0.25, 0.3) is 5.91 Å². The van der Waals surface area contributed by atoms with Crippen LogP contribution in [0, 0.1) is 5.82 Å². The zero-order chi connectivity index (χ0) is 15.5. The van der Waals surface area contributed by atoms with Gasteiger partial charge in [-0.3, -0.25) is 4.79 Å². The van der Waals surface area contributed by atoms with E-state index < -0.39 is 0 Å². The minimum Gasteiger partial charge on any atom is -0.366 e. The number of hydrogen-bond donors (Lipinski definition) is 0. The van der Waals surface area contributed by atoms with E-state index in [4.69, 9.17) is 11.6 Å². The topological polar surface area (TPSA) is 23.6 Å². The van der Waals surface area contributed by atoms with Crippen LogP contribution in [0.15, 0.2) is 48.5 Å². The van der Waals surface area contributed by atoms with Crippen molar-refractivity contribution in [3.8, 4) is 0 Å². The number of amides is 1. The van der Waals surface area contributed by atoms with Gasteiger partial charge < -0.3 is 9.80 Å². The normalized spacial score (nSPS) is 15.0. The van der Waals surface area contributed by atoms with E-state index in [0.717, 1.165) is 0 Å². The maximum absolute atomic E-state index is 13.8. The van der Waals surface area contributed by atoms with Crippen LogP contribution in [0.1, 0.15) is 10.4 Å². The van der Waals surface area contributed by atoms with E-state index in [0.29, 0.717) is 42.5 Å². The first-order chi connectivity index (χ1) is 10.6. The summed E-state index contributed by atoms with van der Waals surface area (Å²) in [5.74, 6) is -0.257. The molecule has 1 aliphatic heterocycles. The van der Waals surface area contributed by atoms with E-state index in [2.05, 4.69) is 0 Å². The summed E-state index contributed by atoms with van der Waals surface area (Å²) in [6.07, 6.45) is 0. The summed E-state index contributed by atoms with van der Waals surface area (Å²) >= 11 is 5.93. The predicted octanol–water partition coefficient (Wildman–Crippen LogP) is 3.44. The summed E-state index contributed by atoms with van der Waals surface area (Å²) in [7, 11) is 0. The number of halogens is 2. The lowest BCUT2D eigenvalue weighted by Crippen LogP contribution is -2.49. The molecule has 0 N–H and O–H groups in total. The van der Waals surface area contributed by atoms with Crippen molar-refractivity contribution >= 4 is 23.2 Å². The molecule has 3 nitrogen and oxygen atoms in total. The molecule has 0 unspecified atom stereocenters. The molecule has 0 spiro atoms. The second-order valence-corrected chi connectivity index (χ2v) is 5.68. The van der Waals surface area contributed by atoms with Gasteiger partial charge in [0.05, 0.1) is 5.69 Å². The largest absolute Gasteiger partial charge is 0.366 e. The van der Waals surface area contributed by atoms with Crippen LogP contribution in [-0.4, -0.2) is 37.0 Å². The molecule has 3 rings (SSSR count). The highest BCUT2D eigenvalue weighted by Gasteiger charge is 2.23. The maximum Gasteiger partial charge on any atom is 0.254 e. The fraction of sp³-hybridized carbons (Fsp3) is 0.235. The van der Waals surface area contributed by atoms with Gasteiger partial charge in [-0.1, -0.05) is 29.8 Å². The Morgan fingerprint density at radius 2 is 1.73 bits per heavy atom. The monoisotopic (exact) mass is 318 g/mol. The van der Waals surface area contributed by atoms with E-state index in [1.807, 2.05) is 11.0 Å². The molecule has 0 atom stereocenters. The number of para-hydroxylation sites is 1. The van der Waals surface area contributed by atoms with Crippen LogP contribution < -0.4 is 4.90 Å². The van der Waals surface area contributed by atoms with Crippen LogP contribution in [-0.2, 0) is 0 Å². The first kappa shape index (κ1) is 14.9. The van der Waals surface area contributed by atoms with Gasteiger partial charge in [0.2, 0.25) is 0 Å². The number of piperazine rings is 1. The van der Waals surface area contributed by atoms with E-state index in [-0.39, 0.29) is 11.7 Å². The Morgan fingerprint density at radius 3 is 2.41 bits per heavy atom. The molecule has 0 saturated carbocycles. The molecular weight excluding hydrogens is 303 g/mol. The van der Waals surface area contributed by atoms with Crippen molar-refractivity contribution in [3.63, 3.8) is 0 Å². The number of rotatable bonds is 2. The highest BCUT2D eigenvalue weighted by atomic mass is 35.5. The molecule has 0 aromatic heterocycles. The Bertz CT molecular complexity index is 684. The summed E-state index contributed by atoms with van der Waals surface area (Å²) in [4.78, 5) is 16.2. The van der Waals surface area contributed by atoms with Gasteiger partial charge in [-0.15, -0.1) is 0 Å². The molecule has 1 amide bonds. The molecule has 1 aliphatic rings. The molecule has 0 radical (unpaired) electrons. The third kappa shape index (κ3) is 3.07. The van der Waals surface area contributed by atoms with Crippen molar-refractivity contribution in [1.29, 1.82) is 0 Å². The molecule has 2 aromatic rings. The second kappa shape index (κ2) is 6.36. The minimum absolute atomic E-state index is 0.0318. The SMILES string of the molecule is O=C(c1cccc(Cl)c1)N1CCN(c2ccccc2F)CC1. The molecule has 5 heteroatoms. The van der Waals surface area contributed by atoms with Gasteiger partial charge in [-0.25, -0.2) is 4.39 Å². The van der Waals surface area contributed by atoms with Gasteiger partial charge in [0.1, 0.15) is 5.82 Å². The Labute approximate surface area is 133 Å². The maximum atomic E-state index is 13.8. The molecule has 1 fully saturated rings. The van der Waals surface area contributed by atoms with E-state index in [1.54, 1.807) is 41.3 Å². The summed E-state index contributed by atoms with van der Waals surface area (Å²) in [6, 6.07) is 13.7. The highest BCUT2D eigenvalue weighted by Crippen LogP contribution is 2.21. The van der Waals surface area contributed by atoms with Crippen molar-refractivity contribution in [2.75, 3.05) is 31.1 Å². The lowest BCUT2D eigenvalue weighted by molar-refractivity contribution is 0.0746. The van der Waals surface area contributed by atoms with Crippen LogP contribution in [0.2, 0.25) is 5.02 Å². The van der Waals surface area contributed by atoms with Crippen LogP contribution in [0.4, 0.5) is 10.1 Å². The zero-order valence-electron chi connectivity index (χ0n) is 12.0. The predicted molar refractivity (Wildman–Crippen MR) is 86.0 cm³/mol. The number of carbonyl (C=O) groups is 1. The lowest BCUT2D eigenvalue weighted by atomic mass is 10.1. The van der Waals surface area contributed by atoms with Gasteiger partial charge in [0, 0.05) is 36.8 Å². The van der Waals surface area contributed by atoms with Crippen LogP contribution >= 0.6 is 11.6 Å². The smallest absolute Gasteiger partial charge is 0.254 e. The highest BCUT2D eigenvalue weighted by molar-refractivity contribution is 6.30. The summed E-state index contributed by atoms with van der Waals surface area (Å²) in [5.41, 5.74) is 1.18. The first-order valence-electron chi connectivity index (χ1n) is 7.19. The number of nitrogens with zero attached hydrogens (tertiary/aromatic N) is 2. The van der Waals surface area contributed by atoms with Crippen LogP contribution in [0.25, 0.3) is 0 Å². The molecular formula is C17H16ClFN2O. The van der Waals surface area contributed by atoms with Gasteiger partial charge in [-0.2, -0.15) is 0 Å². The first-order valence-corrected chi connectivity index (χ1v) is 7.57. The molecule has 114 valence electrons. The average Bonchev–Trinajstić information content (AvgIpc) is 2.55. The third-order valence-corrected chi connectivity index (χ3v) is 4.07. The number of hydrogen-bond acceptors (Lipinski definition) is 2. The molecule has 1 heterocycles. The Morgan fingerprint density at radius 1 is 1.00 bits per heavy atom. The van der Waals surface area contributed by atoms with Crippen molar-refractivity contribution in [3.05, 3.63) is 64.9 Å². The summed E-state index contributed by atoms with van der Waals surface area (Å²) < 4.78 is 13.8. The minimum atomic E-state index is -0.225. The van der Waals surface area contributed by atoms with Crippen LogP contribution in [0.5, 0.6) is 0 Å². The third-order valence-electron chi connectivity index (χ3n) is 3.83. The molecule has 1 saturated heterocycles. The number of benzene rings is 2. The lowest BCUT2D eigenvalue weighted by Gasteiger charge is -2.36. The van der Waals surface area contributed by atoms with Gasteiger partial charge in [0.15, 0.2) is 0 Å². The zero-order valence-corrected chi connectivity index (χ0v) is 12.8. The average molecular weight is 319 g/mol. The number of carbonyl (C=O) groups excluding carboxylic acids is 1. The quantitative estimate of drug-likeness (QED) is 0.847. The van der Waals surface area contributed by atoms with E-state index in [1.165, 1.54) is 6.07 Å². The number of anilines is 1. The van der Waals surface area contributed by atoms with Crippen molar-refractivity contribution in [2.24, 2.45) is 0 Å². The fourth-order valence-electron chi connectivity index (χ4n) is 2.66. The van der Waals surface area contributed by atoms with Crippen molar-refractivity contribution in [1.82, 2.24) is 4.90 Å². The van der Waals surface area contributed by atoms with Gasteiger partial charge >= 0.3 is 0 Å². The molecule has 0 aliphatic carbocycles. The summed E-state index contributed by atoms with van der Waals surface area (Å²) in [5, 5.41) is 0.552. The Hall–Kier alpha value is -2.07. The second-order valence-electron chi connectivity index (χ2n) is 5.24.